The molecule has 48 heavy (non-hydrogen) atoms. The summed E-state index contributed by atoms with van der Waals surface area (Å²) in [4.78, 5) is 53.4. The van der Waals surface area contributed by atoms with Crippen LogP contribution >= 0.6 is 0 Å². The molecule has 0 aliphatic carbocycles. The topological polar surface area (TPSA) is 227 Å². The van der Waals surface area contributed by atoms with Gasteiger partial charge in [-0.3, -0.25) is 24.6 Å². The number of sulfonamides is 1. The van der Waals surface area contributed by atoms with Crippen molar-refractivity contribution in [1.82, 2.24) is 20.3 Å². The summed E-state index contributed by atoms with van der Waals surface area (Å²) in [5.74, 6) is -1.97. The number of rotatable bonds is 16. The minimum atomic E-state index is -4.38. The van der Waals surface area contributed by atoms with Crippen LogP contribution in [0, 0.1) is 26.2 Å². The Morgan fingerprint density at radius 3 is 2.21 bits per heavy atom. The van der Waals surface area contributed by atoms with Crippen molar-refractivity contribution in [1.29, 1.82) is 5.41 Å². The number of primary amides is 1. The summed E-state index contributed by atoms with van der Waals surface area (Å²) in [5.41, 5.74) is 13.3. The van der Waals surface area contributed by atoms with Crippen molar-refractivity contribution in [3.63, 3.8) is 0 Å². The average Bonchev–Trinajstić information content (AvgIpc) is 3.04. The first-order valence-electron chi connectivity index (χ1n) is 15.9. The van der Waals surface area contributed by atoms with Crippen LogP contribution in [0.4, 0.5) is 0 Å². The zero-order chi connectivity index (χ0) is 35.6. The molecule has 0 saturated carbocycles. The van der Waals surface area contributed by atoms with Gasteiger partial charge in [-0.05, 0) is 74.8 Å². The van der Waals surface area contributed by atoms with Crippen molar-refractivity contribution in [2.24, 2.45) is 11.5 Å². The number of nitrogens with two attached hydrogens (primary N) is 2. The van der Waals surface area contributed by atoms with E-state index in [1.54, 1.807) is 56.0 Å². The number of amides is 4. The first-order valence-corrected chi connectivity index (χ1v) is 17.4. The molecule has 262 valence electrons. The Bertz CT molecular complexity index is 1620. The molecule has 1 heterocycles. The molecule has 15 heteroatoms. The Morgan fingerprint density at radius 2 is 1.62 bits per heavy atom. The molecule has 2 aromatic rings. The number of methoxy groups -OCH3 is 1. The van der Waals surface area contributed by atoms with E-state index in [-0.39, 0.29) is 42.4 Å². The molecule has 1 aliphatic rings. The molecule has 0 radical (unpaired) electrons. The molecular weight excluding hydrogens is 638 g/mol. The van der Waals surface area contributed by atoms with Crippen LogP contribution < -0.4 is 31.6 Å². The number of amidine groups is 1. The van der Waals surface area contributed by atoms with Crippen molar-refractivity contribution >= 4 is 39.5 Å². The predicted molar refractivity (Wildman–Crippen MR) is 181 cm³/mol. The van der Waals surface area contributed by atoms with E-state index in [1.807, 2.05) is 0 Å². The van der Waals surface area contributed by atoms with Gasteiger partial charge in [0, 0.05) is 38.0 Å². The van der Waals surface area contributed by atoms with Crippen LogP contribution in [0.1, 0.15) is 66.3 Å². The zero-order valence-electron chi connectivity index (χ0n) is 28.0. The monoisotopic (exact) mass is 685 g/mol. The summed E-state index contributed by atoms with van der Waals surface area (Å²) < 4.78 is 35.6. The third-order valence-electron chi connectivity index (χ3n) is 8.38. The fourth-order valence-corrected chi connectivity index (χ4v) is 7.41. The number of piperidine rings is 1. The first-order chi connectivity index (χ1) is 22.6. The van der Waals surface area contributed by atoms with Crippen molar-refractivity contribution in [3.05, 3.63) is 58.1 Å². The lowest BCUT2D eigenvalue weighted by Gasteiger charge is -2.31. The van der Waals surface area contributed by atoms with Crippen LogP contribution in [0.25, 0.3) is 0 Å². The van der Waals surface area contributed by atoms with Gasteiger partial charge >= 0.3 is 0 Å². The van der Waals surface area contributed by atoms with Crippen LogP contribution in [-0.4, -0.2) is 81.6 Å². The molecule has 8 N–H and O–H groups in total. The average molecular weight is 686 g/mol. The van der Waals surface area contributed by atoms with E-state index in [1.165, 1.54) is 7.11 Å². The van der Waals surface area contributed by atoms with E-state index in [4.69, 9.17) is 21.6 Å². The Balaban J connectivity index is 1.95. The lowest BCUT2D eigenvalue weighted by Crippen LogP contribution is -2.56. The van der Waals surface area contributed by atoms with Crippen LogP contribution in [0.3, 0.4) is 0 Å². The van der Waals surface area contributed by atoms with E-state index in [9.17, 15) is 27.6 Å². The number of nitrogens with zero attached hydrogens (tertiary/aromatic N) is 1. The van der Waals surface area contributed by atoms with Gasteiger partial charge in [0.15, 0.2) is 0 Å². The number of hydrogen-bond donors (Lipinski definition) is 6. The van der Waals surface area contributed by atoms with Gasteiger partial charge < -0.3 is 31.7 Å². The Kier molecular flexibility index (Phi) is 13.5. The maximum atomic E-state index is 14.0. The van der Waals surface area contributed by atoms with Gasteiger partial charge in [-0.2, -0.15) is 4.72 Å². The van der Waals surface area contributed by atoms with E-state index in [2.05, 4.69) is 15.4 Å². The third-order valence-corrected chi connectivity index (χ3v) is 10.1. The molecule has 1 saturated heterocycles. The van der Waals surface area contributed by atoms with Gasteiger partial charge in [0.25, 0.3) is 0 Å². The fraction of sp³-hybridized carbons (Fsp3) is 0.485. The zero-order valence-corrected chi connectivity index (χ0v) is 28.8. The molecule has 1 aliphatic heterocycles. The minimum Gasteiger partial charge on any atom is -0.496 e. The highest BCUT2D eigenvalue weighted by atomic mass is 32.2. The number of benzene rings is 2. The molecule has 4 amide bonds. The highest BCUT2D eigenvalue weighted by Crippen LogP contribution is 2.30. The quantitative estimate of drug-likeness (QED) is 0.0849. The van der Waals surface area contributed by atoms with Gasteiger partial charge in [-0.25, -0.2) is 8.42 Å². The van der Waals surface area contributed by atoms with Gasteiger partial charge in [0.1, 0.15) is 23.7 Å². The standard InChI is InChI=1S/C33H47N7O7S/c1-20-17-27(47-4)21(2)22(3)30(20)48(45,46)39-25(19-29(42)37-14-8-9-28(34)41)32(43)38-26(33(44)40-15-6-5-7-16-40)18-23-10-12-24(13-11-23)31(35)36/h10-13,17,25-26,39H,5-9,14-16,18-19H2,1-4H3,(H2,34,41)(H3,35,36)(H,37,42)(H,38,43)/t25-,26+/m0/s1. The van der Waals surface area contributed by atoms with Crippen LogP contribution in [-0.2, 0) is 35.6 Å². The van der Waals surface area contributed by atoms with Crippen molar-refractivity contribution in [2.45, 2.75) is 82.7 Å². The number of hydrogen-bond acceptors (Lipinski definition) is 8. The molecule has 2 aromatic carbocycles. The third kappa shape index (κ3) is 10.2. The minimum absolute atomic E-state index is 0.0416. The summed E-state index contributed by atoms with van der Waals surface area (Å²) in [7, 11) is -2.90. The Morgan fingerprint density at radius 1 is 0.979 bits per heavy atom. The fourth-order valence-electron chi connectivity index (χ4n) is 5.69. The first kappa shape index (κ1) is 38.0. The molecular formula is C33H47N7O7S. The van der Waals surface area contributed by atoms with E-state index >= 15 is 0 Å². The van der Waals surface area contributed by atoms with Crippen LogP contribution in [0.2, 0.25) is 0 Å². The predicted octanol–water partition coefficient (Wildman–Crippen LogP) is 1.06. The number of nitrogens with one attached hydrogen (secondary N) is 4. The molecule has 0 bridgehead atoms. The maximum Gasteiger partial charge on any atom is 0.245 e. The number of ether oxygens (including phenoxy) is 1. The maximum absolute atomic E-state index is 14.0. The number of likely N-dealkylation sites (tertiary alicyclic amines) is 1. The smallest absolute Gasteiger partial charge is 0.245 e. The summed E-state index contributed by atoms with van der Waals surface area (Å²) in [5, 5.41) is 13.0. The van der Waals surface area contributed by atoms with Gasteiger partial charge in [0.05, 0.1) is 18.4 Å². The highest BCUT2D eigenvalue weighted by Gasteiger charge is 2.34. The van der Waals surface area contributed by atoms with Crippen LogP contribution in [0.15, 0.2) is 35.2 Å². The Labute approximate surface area is 281 Å². The molecule has 14 nitrogen and oxygen atoms in total. The summed E-state index contributed by atoms with van der Waals surface area (Å²) in [6.45, 7) is 6.09. The molecule has 0 aromatic heterocycles. The molecule has 2 atom stereocenters. The summed E-state index contributed by atoms with van der Waals surface area (Å²) in [6, 6.07) is 5.61. The molecule has 3 rings (SSSR count). The number of carbonyl (C=O) groups is 4. The second-order valence-electron chi connectivity index (χ2n) is 12.0. The number of carbonyl (C=O) groups excluding carboxylic acids is 4. The Hall–Kier alpha value is -4.50. The van der Waals surface area contributed by atoms with Crippen molar-refractivity contribution in [3.8, 4) is 5.75 Å². The van der Waals surface area contributed by atoms with E-state index < -0.39 is 46.2 Å². The highest BCUT2D eigenvalue weighted by molar-refractivity contribution is 7.89. The van der Waals surface area contributed by atoms with Crippen molar-refractivity contribution < 1.29 is 32.3 Å². The lowest BCUT2D eigenvalue weighted by atomic mass is 10.0. The summed E-state index contributed by atoms with van der Waals surface area (Å²) in [6.07, 6.45) is 2.42. The lowest BCUT2D eigenvalue weighted by molar-refractivity contribution is -0.137. The number of nitrogen functional groups attached to an aromatic ring is 1. The SMILES string of the molecule is COc1cc(C)c(S(=O)(=O)N[C@@H](CC(=O)NCCCC(N)=O)C(=O)N[C@H](Cc2ccc(C(=N)N)cc2)C(=O)N2CCCCC2)c(C)c1C. The van der Waals surface area contributed by atoms with E-state index in [0.29, 0.717) is 46.7 Å². The molecule has 1 fully saturated rings. The van der Waals surface area contributed by atoms with Gasteiger partial charge in [-0.1, -0.05) is 24.3 Å². The second kappa shape index (κ2) is 17.1. The van der Waals surface area contributed by atoms with Crippen molar-refractivity contribution in [2.75, 3.05) is 26.7 Å². The van der Waals surface area contributed by atoms with Gasteiger partial charge in [0.2, 0.25) is 33.7 Å². The van der Waals surface area contributed by atoms with Gasteiger partial charge in [-0.15, -0.1) is 0 Å². The molecule has 0 unspecified atom stereocenters. The second-order valence-corrected chi connectivity index (χ2v) is 13.7. The normalized spacial score (nSPS) is 14.5. The van der Waals surface area contributed by atoms with Crippen LogP contribution in [0.5, 0.6) is 5.75 Å². The molecule has 0 spiro atoms. The van der Waals surface area contributed by atoms with E-state index in [0.717, 1.165) is 19.3 Å². The number of aryl methyl sites for hydroxylation is 1. The largest absolute Gasteiger partial charge is 0.496 e. The summed E-state index contributed by atoms with van der Waals surface area (Å²) >= 11 is 0.